The lowest BCUT2D eigenvalue weighted by molar-refractivity contribution is -0.131. The van der Waals surface area contributed by atoms with Crippen LogP contribution in [0.15, 0.2) is 11.6 Å². The van der Waals surface area contributed by atoms with E-state index in [-0.39, 0.29) is 0 Å². The molecule has 0 atom stereocenters. The zero-order valence-corrected chi connectivity index (χ0v) is 19.3. The van der Waals surface area contributed by atoms with Crippen LogP contribution >= 0.6 is 0 Å². The highest BCUT2D eigenvalue weighted by Crippen LogP contribution is 2.18. The van der Waals surface area contributed by atoms with Crippen molar-refractivity contribution in [3.05, 3.63) is 11.6 Å². The number of unbranched alkanes of at least 4 members (excludes halogenated alkanes) is 17. The van der Waals surface area contributed by atoms with Crippen LogP contribution in [-0.4, -0.2) is 11.1 Å². The Morgan fingerprint density at radius 2 is 0.857 bits per heavy atom. The van der Waals surface area contributed by atoms with E-state index in [1.54, 1.807) is 0 Å². The Bertz CT molecular complexity index is 359. The Labute approximate surface area is 176 Å². The quantitative estimate of drug-likeness (QED) is 0.147. The largest absolute Gasteiger partial charge is 0.478 e. The lowest BCUT2D eigenvalue weighted by Crippen LogP contribution is -1.94. The average molecular weight is 395 g/mol. The first-order valence-electron chi connectivity index (χ1n) is 12.6. The molecule has 2 nitrogen and oxygen atoms in total. The molecule has 0 bridgehead atoms. The molecule has 0 aromatic carbocycles. The van der Waals surface area contributed by atoms with Crippen molar-refractivity contribution in [1.29, 1.82) is 0 Å². The highest BCUT2D eigenvalue weighted by atomic mass is 16.4. The van der Waals surface area contributed by atoms with E-state index < -0.39 is 5.97 Å². The monoisotopic (exact) mass is 394 g/mol. The number of rotatable bonds is 22. The summed E-state index contributed by atoms with van der Waals surface area (Å²) in [7, 11) is 0. The number of aliphatic carboxylic acids is 1. The first-order valence-corrected chi connectivity index (χ1v) is 12.6. The van der Waals surface area contributed by atoms with Crippen molar-refractivity contribution >= 4 is 5.97 Å². The van der Waals surface area contributed by atoms with Crippen LogP contribution in [0, 0.1) is 0 Å². The summed E-state index contributed by atoms with van der Waals surface area (Å²) in [6.45, 7) is 4.45. The van der Waals surface area contributed by atoms with E-state index in [0.717, 1.165) is 37.7 Å². The third-order valence-electron chi connectivity index (χ3n) is 5.78. The molecule has 0 amide bonds. The second kappa shape index (κ2) is 22.5. The molecule has 0 fully saturated rings. The molecule has 0 heterocycles. The second-order valence-corrected chi connectivity index (χ2v) is 8.65. The summed E-state index contributed by atoms with van der Waals surface area (Å²) in [6.07, 6.45) is 29.2. The molecule has 0 aliphatic rings. The highest BCUT2D eigenvalue weighted by Gasteiger charge is 2.01. The van der Waals surface area contributed by atoms with Gasteiger partial charge in [-0.15, -0.1) is 0 Å². The van der Waals surface area contributed by atoms with E-state index in [9.17, 15) is 4.79 Å². The number of carboxylic acid groups (broad SMARTS) is 1. The standard InChI is InChI=1S/C26H50O2/c1-3-5-7-8-9-10-11-12-13-14-15-16-17-18-19-20-21-23-25(22-6-4-2)24-26(27)28/h24H,3-23H2,1-2H3,(H,27,28)/b25-24+. The molecule has 0 aliphatic carbocycles. The molecule has 0 saturated heterocycles. The van der Waals surface area contributed by atoms with Gasteiger partial charge in [-0.05, 0) is 25.7 Å². The predicted octanol–water partition coefficient (Wildman–Crippen LogP) is 9.23. The summed E-state index contributed by atoms with van der Waals surface area (Å²) >= 11 is 0. The van der Waals surface area contributed by atoms with Gasteiger partial charge in [0.2, 0.25) is 0 Å². The van der Waals surface area contributed by atoms with Crippen LogP contribution < -0.4 is 0 Å². The van der Waals surface area contributed by atoms with Crippen LogP contribution in [0.3, 0.4) is 0 Å². The predicted molar refractivity (Wildman–Crippen MR) is 124 cm³/mol. The molecule has 1 N–H and O–H groups in total. The summed E-state index contributed by atoms with van der Waals surface area (Å²) in [4.78, 5) is 10.9. The topological polar surface area (TPSA) is 37.3 Å². The number of carboxylic acids is 1. The van der Waals surface area contributed by atoms with Crippen molar-refractivity contribution < 1.29 is 9.90 Å². The van der Waals surface area contributed by atoms with Gasteiger partial charge in [-0.2, -0.15) is 0 Å². The van der Waals surface area contributed by atoms with Crippen molar-refractivity contribution in [2.75, 3.05) is 0 Å². The molecular formula is C26H50O2. The van der Waals surface area contributed by atoms with Gasteiger partial charge in [0.15, 0.2) is 0 Å². The van der Waals surface area contributed by atoms with Crippen molar-refractivity contribution in [3.63, 3.8) is 0 Å². The molecular weight excluding hydrogens is 344 g/mol. The molecule has 0 aromatic rings. The van der Waals surface area contributed by atoms with Crippen molar-refractivity contribution in [2.24, 2.45) is 0 Å². The van der Waals surface area contributed by atoms with Crippen LogP contribution in [0.5, 0.6) is 0 Å². The van der Waals surface area contributed by atoms with Crippen LogP contribution in [0.4, 0.5) is 0 Å². The summed E-state index contributed by atoms with van der Waals surface area (Å²) < 4.78 is 0. The minimum Gasteiger partial charge on any atom is -0.478 e. The zero-order valence-electron chi connectivity index (χ0n) is 19.3. The van der Waals surface area contributed by atoms with Crippen molar-refractivity contribution in [3.8, 4) is 0 Å². The summed E-state index contributed by atoms with van der Waals surface area (Å²) in [5, 5.41) is 8.95. The third-order valence-corrected chi connectivity index (χ3v) is 5.78. The van der Waals surface area contributed by atoms with Crippen molar-refractivity contribution in [2.45, 2.75) is 149 Å². The van der Waals surface area contributed by atoms with E-state index in [1.807, 2.05) is 0 Å². The first kappa shape index (κ1) is 27.2. The molecule has 0 spiro atoms. The fraction of sp³-hybridized carbons (Fsp3) is 0.885. The fourth-order valence-corrected chi connectivity index (χ4v) is 3.92. The second-order valence-electron chi connectivity index (χ2n) is 8.65. The van der Waals surface area contributed by atoms with Gasteiger partial charge in [0.05, 0.1) is 0 Å². The summed E-state index contributed by atoms with van der Waals surface area (Å²) in [5.41, 5.74) is 1.13. The lowest BCUT2D eigenvalue weighted by Gasteiger charge is -2.06. The van der Waals surface area contributed by atoms with E-state index in [0.29, 0.717) is 0 Å². The Kier molecular flexibility index (Phi) is 21.9. The Hall–Kier alpha value is -0.790. The van der Waals surface area contributed by atoms with E-state index in [4.69, 9.17) is 5.11 Å². The van der Waals surface area contributed by atoms with Gasteiger partial charge in [0.1, 0.15) is 0 Å². The van der Waals surface area contributed by atoms with Gasteiger partial charge >= 0.3 is 5.97 Å². The van der Waals surface area contributed by atoms with Crippen LogP contribution in [-0.2, 0) is 4.79 Å². The van der Waals surface area contributed by atoms with E-state index >= 15 is 0 Å². The SMILES string of the molecule is CCCCCCCCCCCCCCCCCCC/C(=C/C(=O)O)CCCC. The lowest BCUT2D eigenvalue weighted by atomic mass is 10.00. The van der Waals surface area contributed by atoms with Crippen LogP contribution in [0.2, 0.25) is 0 Å². The van der Waals surface area contributed by atoms with Gasteiger partial charge in [-0.1, -0.05) is 129 Å². The first-order chi connectivity index (χ1) is 13.7. The number of hydrogen-bond acceptors (Lipinski definition) is 1. The molecule has 0 radical (unpaired) electrons. The van der Waals surface area contributed by atoms with E-state index in [1.165, 1.54) is 109 Å². The van der Waals surface area contributed by atoms with Gasteiger partial charge < -0.3 is 5.11 Å². The Morgan fingerprint density at radius 3 is 1.21 bits per heavy atom. The normalized spacial score (nSPS) is 11.9. The molecule has 0 unspecified atom stereocenters. The molecule has 0 saturated carbocycles. The number of allylic oxidation sites excluding steroid dienone is 1. The zero-order chi connectivity index (χ0) is 20.7. The number of carbonyl (C=O) groups is 1. The van der Waals surface area contributed by atoms with Gasteiger partial charge in [-0.25, -0.2) is 4.79 Å². The molecule has 0 rings (SSSR count). The summed E-state index contributed by atoms with van der Waals surface area (Å²) in [6, 6.07) is 0. The molecule has 2 heteroatoms. The average Bonchev–Trinajstić information content (AvgIpc) is 2.67. The maximum atomic E-state index is 10.9. The third kappa shape index (κ3) is 21.5. The maximum absolute atomic E-state index is 10.9. The highest BCUT2D eigenvalue weighted by molar-refractivity contribution is 5.80. The van der Waals surface area contributed by atoms with Gasteiger partial charge in [0, 0.05) is 6.08 Å². The van der Waals surface area contributed by atoms with Crippen molar-refractivity contribution in [1.82, 2.24) is 0 Å². The molecule has 0 aliphatic heterocycles. The van der Waals surface area contributed by atoms with Gasteiger partial charge in [-0.3, -0.25) is 0 Å². The van der Waals surface area contributed by atoms with Crippen LogP contribution in [0.25, 0.3) is 0 Å². The molecule has 166 valence electrons. The molecule has 0 aromatic heterocycles. The maximum Gasteiger partial charge on any atom is 0.328 e. The van der Waals surface area contributed by atoms with Crippen LogP contribution in [0.1, 0.15) is 149 Å². The minimum atomic E-state index is -0.780. The summed E-state index contributed by atoms with van der Waals surface area (Å²) in [5.74, 6) is -0.780. The van der Waals surface area contributed by atoms with Gasteiger partial charge in [0.25, 0.3) is 0 Å². The Morgan fingerprint density at radius 1 is 0.536 bits per heavy atom. The molecule has 28 heavy (non-hydrogen) atoms. The minimum absolute atomic E-state index is 0.780. The number of hydrogen-bond donors (Lipinski definition) is 1. The smallest absolute Gasteiger partial charge is 0.328 e. The van der Waals surface area contributed by atoms with E-state index in [2.05, 4.69) is 13.8 Å². The Balaban J connectivity index is 3.31. The fourth-order valence-electron chi connectivity index (χ4n) is 3.92.